The van der Waals surface area contributed by atoms with Gasteiger partial charge in [-0.2, -0.15) is 0 Å². The van der Waals surface area contributed by atoms with Crippen LogP contribution in [0.2, 0.25) is 0 Å². The molecule has 1 unspecified atom stereocenters. The molecule has 4 nitrogen and oxygen atoms in total. The summed E-state index contributed by atoms with van der Waals surface area (Å²) in [5.41, 5.74) is 1.76. The zero-order valence-electron chi connectivity index (χ0n) is 14.0. The number of halogens is 2. The molecule has 2 aromatic rings. The monoisotopic (exact) mass is 416 g/mol. The molecule has 1 saturated carbocycles. The van der Waals surface area contributed by atoms with Crippen molar-refractivity contribution in [1.82, 2.24) is 0 Å². The first-order valence-corrected chi connectivity index (χ1v) is 9.36. The van der Waals surface area contributed by atoms with E-state index in [2.05, 4.69) is 32.6 Å². The van der Waals surface area contributed by atoms with Gasteiger partial charge < -0.3 is 15.4 Å². The Morgan fingerprint density at radius 3 is 2.69 bits per heavy atom. The number of amides is 2. The van der Waals surface area contributed by atoms with Crippen LogP contribution in [0.3, 0.4) is 0 Å². The summed E-state index contributed by atoms with van der Waals surface area (Å²) in [5, 5.41) is 5.33. The summed E-state index contributed by atoms with van der Waals surface area (Å²) in [6.07, 6.45) is 6.63. The first kappa shape index (κ1) is 17.1. The van der Waals surface area contributed by atoms with Crippen LogP contribution >= 0.6 is 15.9 Å². The van der Waals surface area contributed by atoms with Gasteiger partial charge in [0.1, 0.15) is 18.2 Å². The van der Waals surface area contributed by atoms with Crippen LogP contribution in [0.1, 0.15) is 24.3 Å². The average molecular weight is 417 g/mol. The number of nitrogens with one attached hydrogen (secondary N) is 2. The molecule has 2 aliphatic rings. The minimum Gasteiger partial charge on any atom is -0.487 e. The fourth-order valence-electron chi connectivity index (χ4n) is 3.26. The lowest BCUT2D eigenvalue weighted by atomic mass is 9.93. The molecular formula is C20H18BrFN2O2. The van der Waals surface area contributed by atoms with E-state index < -0.39 is 11.8 Å². The Kier molecular flexibility index (Phi) is 4.68. The van der Waals surface area contributed by atoms with Gasteiger partial charge in [-0.25, -0.2) is 9.18 Å². The molecule has 0 bridgehead atoms. The number of carbonyl (C=O) groups excluding carboxylic acids is 1. The molecule has 0 radical (unpaired) electrons. The number of carbonyl (C=O) groups is 1. The van der Waals surface area contributed by atoms with Crippen molar-refractivity contribution in [3.63, 3.8) is 0 Å². The number of hydrogen-bond donors (Lipinski definition) is 2. The highest BCUT2D eigenvalue weighted by atomic mass is 79.9. The van der Waals surface area contributed by atoms with Crippen LogP contribution in [0.5, 0.6) is 5.75 Å². The number of benzene rings is 2. The third kappa shape index (κ3) is 3.60. The van der Waals surface area contributed by atoms with Gasteiger partial charge in [-0.3, -0.25) is 0 Å². The molecule has 0 saturated heterocycles. The molecule has 1 atom stereocenters. The predicted octanol–water partition coefficient (Wildman–Crippen LogP) is 5.67. The maximum absolute atomic E-state index is 13.7. The van der Waals surface area contributed by atoms with E-state index in [4.69, 9.17) is 4.74 Å². The summed E-state index contributed by atoms with van der Waals surface area (Å²) in [6, 6.07) is 9.39. The Bertz CT molecular complexity index is 880. The second-order valence-electron chi connectivity index (χ2n) is 6.53. The maximum atomic E-state index is 13.7. The molecule has 1 fully saturated rings. The lowest BCUT2D eigenvalue weighted by Crippen LogP contribution is -2.21. The lowest BCUT2D eigenvalue weighted by Gasteiger charge is -2.19. The summed E-state index contributed by atoms with van der Waals surface area (Å²) in [6.45, 7) is 0.460. The average Bonchev–Trinajstić information content (AvgIpc) is 3.43. The molecule has 1 aliphatic heterocycles. The first-order valence-electron chi connectivity index (χ1n) is 8.57. The minimum atomic E-state index is -0.515. The van der Waals surface area contributed by atoms with E-state index in [1.807, 2.05) is 12.1 Å². The number of rotatable bonds is 3. The molecule has 4 rings (SSSR count). The highest BCUT2D eigenvalue weighted by molar-refractivity contribution is 9.10. The van der Waals surface area contributed by atoms with Crippen LogP contribution in [-0.2, 0) is 0 Å². The van der Waals surface area contributed by atoms with Crippen molar-refractivity contribution >= 4 is 33.3 Å². The van der Waals surface area contributed by atoms with E-state index >= 15 is 0 Å². The molecule has 26 heavy (non-hydrogen) atoms. The number of allylic oxidation sites excluding steroid dienone is 1. The Morgan fingerprint density at radius 1 is 1.15 bits per heavy atom. The Morgan fingerprint density at radius 2 is 1.92 bits per heavy atom. The largest absolute Gasteiger partial charge is 0.487 e. The molecule has 2 aromatic carbocycles. The summed E-state index contributed by atoms with van der Waals surface area (Å²) in [4.78, 5) is 12.4. The van der Waals surface area contributed by atoms with Crippen LogP contribution in [0.25, 0.3) is 0 Å². The van der Waals surface area contributed by atoms with Gasteiger partial charge in [-0.15, -0.1) is 0 Å². The van der Waals surface area contributed by atoms with Crippen LogP contribution in [0.4, 0.5) is 20.6 Å². The number of fused-ring (bicyclic) bond motifs is 1. The molecular weight excluding hydrogens is 399 g/mol. The molecule has 2 amide bonds. The third-order valence-corrected chi connectivity index (χ3v) is 5.07. The van der Waals surface area contributed by atoms with E-state index in [1.165, 1.54) is 25.0 Å². The van der Waals surface area contributed by atoms with E-state index in [0.29, 0.717) is 29.9 Å². The van der Waals surface area contributed by atoms with Gasteiger partial charge in [-0.05, 0) is 43.0 Å². The fraction of sp³-hybridized carbons (Fsp3) is 0.250. The summed E-state index contributed by atoms with van der Waals surface area (Å²) in [5.74, 6) is 1.12. The standard InChI is InChI=1S/C20H18BrFN2O2/c21-13-10-15-14(12-7-8-12)4-3-9-26-19(15)18(11-13)24-20(25)23-17-6-2-1-5-16(17)22/h1-6,10-12,14H,7-9H2,(H2,23,24,25). The number of para-hydroxylation sites is 1. The smallest absolute Gasteiger partial charge is 0.323 e. The Hall–Kier alpha value is -2.34. The molecule has 1 aliphatic carbocycles. The van der Waals surface area contributed by atoms with Crippen molar-refractivity contribution in [2.24, 2.45) is 5.92 Å². The zero-order chi connectivity index (χ0) is 18.1. The highest BCUT2D eigenvalue weighted by Gasteiger charge is 2.34. The number of ether oxygens (including phenoxy) is 1. The van der Waals surface area contributed by atoms with Crippen molar-refractivity contribution in [3.8, 4) is 5.75 Å². The predicted molar refractivity (Wildman–Crippen MR) is 103 cm³/mol. The number of anilines is 2. The second-order valence-corrected chi connectivity index (χ2v) is 7.45. The highest BCUT2D eigenvalue weighted by Crippen LogP contribution is 2.49. The van der Waals surface area contributed by atoms with E-state index in [-0.39, 0.29) is 5.69 Å². The normalized spacial score (nSPS) is 18.5. The SMILES string of the molecule is O=C(Nc1ccccc1F)Nc1cc(Br)cc2c1OCC=CC2C1CC1. The van der Waals surface area contributed by atoms with Crippen LogP contribution in [-0.4, -0.2) is 12.6 Å². The molecule has 0 aromatic heterocycles. The van der Waals surface area contributed by atoms with Gasteiger partial charge in [-0.1, -0.05) is 40.2 Å². The van der Waals surface area contributed by atoms with Gasteiger partial charge in [0.2, 0.25) is 0 Å². The van der Waals surface area contributed by atoms with Gasteiger partial charge in [0.15, 0.2) is 0 Å². The van der Waals surface area contributed by atoms with E-state index in [9.17, 15) is 9.18 Å². The maximum Gasteiger partial charge on any atom is 0.323 e. The summed E-state index contributed by atoms with van der Waals surface area (Å²) in [7, 11) is 0. The number of urea groups is 1. The molecule has 0 spiro atoms. The zero-order valence-corrected chi connectivity index (χ0v) is 15.6. The Balaban J connectivity index is 1.61. The van der Waals surface area contributed by atoms with Crippen LogP contribution < -0.4 is 15.4 Å². The topological polar surface area (TPSA) is 50.4 Å². The van der Waals surface area contributed by atoms with Crippen LogP contribution in [0.15, 0.2) is 53.0 Å². The van der Waals surface area contributed by atoms with Crippen molar-refractivity contribution in [1.29, 1.82) is 0 Å². The molecule has 6 heteroatoms. The lowest BCUT2D eigenvalue weighted by molar-refractivity contribution is 0.262. The first-order chi connectivity index (χ1) is 12.6. The van der Waals surface area contributed by atoms with Crippen LogP contribution in [0, 0.1) is 11.7 Å². The van der Waals surface area contributed by atoms with Crippen molar-refractivity contribution in [2.45, 2.75) is 18.8 Å². The molecule has 134 valence electrons. The molecule has 2 N–H and O–H groups in total. The van der Waals surface area contributed by atoms with Crippen molar-refractivity contribution in [3.05, 3.63) is 64.4 Å². The quantitative estimate of drug-likeness (QED) is 0.632. The Labute approximate surface area is 159 Å². The third-order valence-electron chi connectivity index (χ3n) is 4.61. The number of hydrogen-bond acceptors (Lipinski definition) is 2. The van der Waals surface area contributed by atoms with Gasteiger partial charge in [0.25, 0.3) is 0 Å². The van der Waals surface area contributed by atoms with E-state index in [0.717, 1.165) is 10.0 Å². The van der Waals surface area contributed by atoms with E-state index in [1.54, 1.807) is 18.2 Å². The van der Waals surface area contributed by atoms with Gasteiger partial charge in [0.05, 0.1) is 11.4 Å². The minimum absolute atomic E-state index is 0.129. The summed E-state index contributed by atoms with van der Waals surface area (Å²) < 4.78 is 20.5. The second kappa shape index (κ2) is 7.11. The van der Waals surface area contributed by atoms with Gasteiger partial charge >= 0.3 is 6.03 Å². The molecule has 1 heterocycles. The summed E-state index contributed by atoms with van der Waals surface area (Å²) >= 11 is 3.52. The fourth-order valence-corrected chi connectivity index (χ4v) is 3.73. The van der Waals surface area contributed by atoms with Gasteiger partial charge in [0, 0.05) is 16.0 Å². The van der Waals surface area contributed by atoms with Crippen molar-refractivity contribution in [2.75, 3.05) is 17.2 Å². The van der Waals surface area contributed by atoms with Crippen molar-refractivity contribution < 1.29 is 13.9 Å².